The van der Waals surface area contributed by atoms with Crippen LogP contribution in [0.3, 0.4) is 0 Å². The van der Waals surface area contributed by atoms with Crippen LogP contribution in [-0.4, -0.2) is 44.8 Å². The van der Waals surface area contributed by atoms with Gasteiger partial charge in [0.2, 0.25) is 0 Å². The molecule has 2 aromatic heterocycles. The van der Waals surface area contributed by atoms with Crippen LogP contribution >= 0.6 is 0 Å². The summed E-state index contributed by atoms with van der Waals surface area (Å²) in [4.78, 5) is 34.4. The second-order valence-corrected chi connectivity index (χ2v) is 7.93. The van der Waals surface area contributed by atoms with E-state index in [1.165, 1.54) is 6.20 Å². The van der Waals surface area contributed by atoms with Crippen LogP contribution in [0.5, 0.6) is 0 Å². The second-order valence-electron chi connectivity index (χ2n) is 7.93. The predicted octanol–water partition coefficient (Wildman–Crippen LogP) is 2.91. The van der Waals surface area contributed by atoms with Crippen molar-refractivity contribution in [1.29, 1.82) is 0 Å². The predicted molar refractivity (Wildman–Crippen MR) is 111 cm³/mol. The molecule has 0 spiro atoms. The zero-order valence-corrected chi connectivity index (χ0v) is 16.0. The Bertz CT molecular complexity index is 1060. The van der Waals surface area contributed by atoms with Crippen LogP contribution < -0.4 is 11.1 Å². The summed E-state index contributed by atoms with van der Waals surface area (Å²) in [6, 6.07) is 12.0. The maximum absolute atomic E-state index is 13.0. The molecule has 4 N–H and O–H groups in total. The van der Waals surface area contributed by atoms with E-state index >= 15 is 0 Å². The van der Waals surface area contributed by atoms with E-state index in [0.717, 1.165) is 48.0 Å². The van der Waals surface area contributed by atoms with Crippen molar-refractivity contribution in [3.8, 4) is 0 Å². The molecule has 148 valence electrons. The molecule has 2 aliphatic rings. The van der Waals surface area contributed by atoms with Gasteiger partial charge in [-0.1, -0.05) is 18.2 Å². The quantitative estimate of drug-likeness (QED) is 0.638. The Balaban J connectivity index is 1.39. The molecule has 0 saturated carbocycles. The molecular formula is C22H23N5O2. The lowest BCUT2D eigenvalue weighted by Crippen LogP contribution is -2.49. The normalized spacial score (nSPS) is 23.3. The highest BCUT2D eigenvalue weighted by molar-refractivity contribution is 6.06. The third-order valence-electron chi connectivity index (χ3n) is 6.19. The molecule has 3 aromatic rings. The van der Waals surface area contributed by atoms with Gasteiger partial charge in [-0.15, -0.1) is 0 Å². The molecule has 4 heterocycles. The number of nitrogens with zero attached hydrogens (tertiary/aromatic N) is 2. The number of pyridine rings is 1. The standard InChI is InChI=1S/C22H23N5O2/c23-20(28)18-12-25-21-17(8-9-24-21)19(18)26-14-10-15-6-7-16(11-14)27(15)22(29)13-4-2-1-3-5-13/h1-5,8-9,12,14-16H,6-7,10-11H2,(H2,23,28)(H2,24,25,26)/t14-,15-,16+. The smallest absolute Gasteiger partial charge is 0.254 e. The molecule has 0 radical (unpaired) electrons. The molecular weight excluding hydrogens is 366 g/mol. The van der Waals surface area contributed by atoms with Crippen LogP contribution in [0.15, 0.2) is 48.8 Å². The first-order chi connectivity index (χ1) is 14.1. The minimum Gasteiger partial charge on any atom is -0.381 e. The molecule has 2 aliphatic heterocycles. The number of primary amides is 1. The SMILES string of the molecule is NC(=O)c1cnc2[nH]ccc2c1N[C@@H]1C[C@H]2CC[C@@H](C1)N2C(=O)c1ccccc1. The monoisotopic (exact) mass is 389 g/mol. The van der Waals surface area contributed by atoms with Gasteiger partial charge < -0.3 is 20.9 Å². The molecule has 5 rings (SSSR count). The first kappa shape index (κ1) is 17.7. The number of H-pyrrole nitrogens is 1. The lowest BCUT2D eigenvalue weighted by molar-refractivity contribution is 0.0583. The van der Waals surface area contributed by atoms with Gasteiger partial charge in [0.25, 0.3) is 11.8 Å². The molecule has 0 unspecified atom stereocenters. The molecule has 2 bridgehead atoms. The molecule has 2 amide bonds. The Morgan fingerprint density at radius 3 is 2.52 bits per heavy atom. The van der Waals surface area contributed by atoms with Crippen molar-refractivity contribution >= 4 is 28.5 Å². The van der Waals surface area contributed by atoms with Gasteiger partial charge in [0, 0.05) is 41.5 Å². The number of anilines is 1. The lowest BCUT2D eigenvalue weighted by Gasteiger charge is -2.39. The highest BCUT2D eigenvalue weighted by Gasteiger charge is 2.43. The van der Waals surface area contributed by atoms with Crippen LogP contribution in [0, 0.1) is 0 Å². The van der Waals surface area contributed by atoms with Crippen LogP contribution in [0.25, 0.3) is 11.0 Å². The van der Waals surface area contributed by atoms with E-state index in [9.17, 15) is 9.59 Å². The van der Waals surface area contributed by atoms with Gasteiger partial charge in [-0.05, 0) is 43.9 Å². The van der Waals surface area contributed by atoms with Gasteiger partial charge in [0.1, 0.15) is 5.65 Å². The molecule has 7 heteroatoms. The fraction of sp³-hybridized carbons (Fsp3) is 0.318. The van der Waals surface area contributed by atoms with Gasteiger partial charge in [-0.3, -0.25) is 9.59 Å². The van der Waals surface area contributed by atoms with E-state index in [1.54, 1.807) is 6.20 Å². The van der Waals surface area contributed by atoms with Crippen molar-refractivity contribution in [3.63, 3.8) is 0 Å². The zero-order chi connectivity index (χ0) is 20.0. The van der Waals surface area contributed by atoms with Crippen molar-refractivity contribution in [2.24, 2.45) is 5.73 Å². The van der Waals surface area contributed by atoms with Gasteiger partial charge in [0.05, 0.1) is 11.3 Å². The van der Waals surface area contributed by atoms with E-state index in [2.05, 4.69) is 20.2 Å². The largest absolute Gasteiger partial charge is 0.381 e. The topological polar surface area (TPSA) is 104 Å². The molecule has 3 atom stereocenters. The van der Waals surface area contributed by atoms with E-state index in [-0.39, 0.29) is 24.0 Å². The zero-order valence-electron chi connectivity index (χ0n) is 16.0. The number of fused-ring (bicyclic) bond motifs is 3. The Morgan fingerprint density at radius 1 is 1.10 bits per heavy atom. The number of hydrogen-bond acceptors (Lipinski definition) is 4. The number of carbonyl (C=O) groups excluding carboxylic acids is 2. The number of rotatable bonds is 4. The Labute approximate surface area is 168 Å². The molecule has 29 heavy (non-hydrogen) atoms. The van der Waals surface area contributed by atoms with Crippen molar-refractivity contribution in [1.82, 2.24) is 14.9 Å². The summed E-state index contributed by atoms with van der Waals surface area (Å²) in [5, 5.41) is 4.42. The number of benzene rings is 1. The van der Waals surface area contributed by atoms with Gasteiger partial charge in [0.15, 0.2) is 0 Å². The first-order valence-electron chi connectivity index (χ1n) is 10.0. The van der Waals surface area contributed by atoms with Crippen molar-refractivity contribution in [3.05, 3.63) is 59.9 Å². The van der Waals surface area contributed by atoms with Crippen molar-refractivity contribution in [2.45, 2.75) is 43.8 Å². The number of aromatic amines is 1. The highest BCUT2D eigenvalue weighted by atomic mass is 16.2. The maximum atomic E-state index is 13.0. The summed E-state index contributed by atoms with van der Waals surface area (Å²) in [5.41, 5.74) is 8.18. The van der Waals surface area contributed by atoms with Gasteiger partial charge in [-0.25, -0.2) is 4.98 Å². The van der Waals surface area contributed by atoms with E-state index in [4.69, 9.17) is 5.73 Å². The van der Waals surface area contributed by atoms with E-state index in [1.807, 2.05) is 36.4 Å². The number of nitrogens with two attached hydrogens (primary N) is 1. The molecule has 1 aromatic carbocycles. The summed E-state index contributed by atoms with van der Waals surface area (Å²) in [6.45, 7) is 0. The second kappa shape index (κ2) is 6.92. The van der Waals surface area contributed by atoms with E-state index < -0.39 is 5.91 Å². The van der Waals surface area contributed by atoms with Crippen LogP contribution in [-0.2, 0) is 0 Å². The number of hydrogen-bond donors (Lipinski definition) is 3. The van der Waals surface area contributed by atoms with Crippen LogP contribution in [0.1, 0.15) is 46.4 Å². The first-order valence-corrected chi connectivity index (χ1v) is 10.0. The maximum Gasteiger partial charge on any atom is 0.254 e. The fourth-order valence-corrected chi connectivity index (χ4v) is 4.91. The number of carbonyl (C=O) groups is 2. The third-order valence-corrected chi connectivity index (χ3v) is 6.19. The van der Waals surface area contributed by atoms with Crippen LogP contribution in [0.4, 0.5) is 5.69 Å². The van der Waals surface area contributed by atoms with Gasteiger partial charge in [-0.2, -0.15) is 0 Å². The summed E-state index contributed by atoms with van der Waals surface area (Å²) in [6.07, 6.45) is 7.05. The van der Waals surface area contributed by atoms with Crippen molar-refractivity contribution < 1.29 is 9.59 Å². The lowest BCUT2D eigenvalue weighted by atomic mass is 9.95. The average Bonchev–Trinajstić information content (AvgIpc) is 3.31. The highest BCUT2D eigenvalue weighted by Crippen LogP contribution is 2.39. The average molecular weight is 389 g/mol. The Kier molecular flexibility index (Phi) is 4.23. The molecule has 2 saturated heterocycles. The summed E-state index contributed by atoms with van der Waals surface area (Å²) >= 11 is 0. The fourth-order valence-electron chi connectivity index (χ4n) is 4.91. The molecule has 7 nitrogen and oxygen atoms in total. The summed E-state index contributed by atoms with van der Waals surface area (Å²) < 4.78 is 0. The van der Waals surface area contributed by atoms with E-state index in [0.29, 0.717) is 5.56 Å². The molecule has 2 fully saturated rings. The Hall–Kier alpha value is -3.35. The van der Waals surface area contributed by atoms with Crippen LogP contribution in [0.2, 0.25) is 0 Å². The minimum atomic E-state index is -0.497. The number of piperidine rings is 1. The Morgan fingerprint density at radius 2 is 1.83 bits per heavy atom. The summed E-state index contributed by atoms with van der Waals surface area (Å²) in [7, 11) is 0. The number of nitrogens with one attached hydrogen (secondary N) is 2. The van der Waals surface area contributed by atoms with Gasteiger partial charge >= 0.3 is 0 Å². The summed E-state index contributed by atoms with van der Waals surface area (Å²) in [5.74, 6) is -0.380. The number of aromatic nitrogens is 2. The minimum absolute atomic E-state index is 0.117. The molecule has 0 aliphatic carbocycles. The van der Waals surface area contributed by atoms with Crippen molar-refractivity contribution in [2.75, 3.05) is 5.32 Å². The third kappa shape index (κ3) is 3.03. The number of amides is 2.